The third-order valence-electron chi connectivity index (χ3n) is 2.66. The molecule has 0 saturated carbocycles. The summed E-state index contributed by atoms with van der Waals surface area (Å²) in [6, 6.07) is 0. The summed E-state index contributed by atoms with van der Waals surface area (Å²) in [4.78, 5) is 8.37. The lowest BCUT2D eigenvalue weighted by molar-refractivity contribution is 0.694. The first-order valence-corrected chi connectivity index (χ1v) is 4.80. The molecule has 1 N–H and O–H groups in total. The molecule has 0 radical (unpaired) electrons. The smallest absolute Gasteiger partial charge is 0.250 e. The Morgan fingerprint density at radius 2 is 2.36 bits per heavy atom. The zero-order valence-electron chi connectivity index (χ0n) is 7.72. The van der Waals surface area contributed by atoms with Crippen molar-refractivity contribution in [3.8, 4) is 0 Å². The molecule has 5 heteroatoms. The lowest BCUT2D eigenvalue weighted by atomic mass is 10.1. The molecule has 1 atom stereocenters. The van der Waals surface area contributed by atoms with E-state index in [-0.39, 0.29) is 0 Å². The fourth-order valence-corrected chi connectivity index (χ4v) is 1.94. The molecule has 1 unspecified atom stereocenters. The van der Waals surface area contributed by atoms with Gasteiger partial charge in [-0.3, -0.25) is 0 Å². The van der Waals surface area contributed by atoms with Crippen molar-refractivity contribution >= 4 is 5.78 Å². The van der Waals surface area contributed by atoms with Crippen LogP contribution in [0.2, 0.25) is 0 Å². The summed E-state index contributed by atoms with van der Waals surface area (Å²) in [7, 11) is 0. The van der Waals surface area contributed by atoms with Gasteiger partial charge in [-0.1, -0.05) is 0 Å². The first kappa shape index (κ1) is 7.87. The van der Waals surface area contributed by atoms with Crippen molar-refractivity contribution in [3.63, 3.8) is 0 Å². The van der Waals surface area contributed by atoms with Crippen LogP contribution < -0.4 is 5.32 Å². The van der Waals surface area contributed by atoms with Crippen LogP contribution in [0.25, 0.3) is 5.78 Å². The molecule has 72 valence electrons. The molecule has 1 aliphatic heterocycles. The molecular formula is C9H11N5. The molecule has 3 rings (SSSR count). The molecule has 3 heterocycles. The van der Waals surface area contributed by atoms with Gasteiger partial charge in [0.05, 0.1) is 24.3 Å². The van der Waals surface area contributed by atoms with Crippen molar-refractivity contribution in [2.75, 3.05) is 13.1 Å². The summed E-state index contributed by atoms with van der Waals surface area (Å²) in [6.45, 7) is 2.10. The minimum absolute atomic E-state index is 0.529. The summed E-state index contributed by atoms with van der Waals surface area (Å²) in [5, 5.41) is 7.59. The molecule has 1 fully saturated rings. The van der Waals surface area contributed by atoms with Gasteiger partial charge >= 0.3 is 0 Å². The van der Waals surface area contributed by atoms with E-state index in [1.165, 1.54) is 0 Å². The number of nitrogens with one attached hydrogen (secondary N) is 1. The zero-order valence-corrected chi connectivity index (χ0v) is 7.72. The Morgan fingerprint density at radius 3 is 3.21 bits per heavy atom. The zero-order chi connectivity index (χ0) is 9.38. The second-order valence-corrected chi connectivity index (χ2v) is 3.53. The quantitative estimate of drug-likeness (QED) is 0.696. The van der Waals surface area contributed by atoms with Crippen molar-refractivity contribution < 1.29 is 0 Å². The van der Waals surface area contributed by atoms with Crippen LogP contribution in [0.5, 0.6) is 0 Å². The van der Waals surface area contributed by atoms with Crippen LogP contribution in [0, 0.1) is 0 Å². The maximum atomic E-state index is 4.25. The first-order chi connectivity index (χ1) is 6.95. The van der Waals surface area contributed by atoms with Gasteiger partial charge in [0.25, 0.3) is 5.78 Å². The van der Waals surface area contributed by atoms with Crippen molar-refractivity contribution in [1.29, 1.82) is 0 Å². The molecule has 0 amide bonds. The van der Waals surface area contributed by atoms with Crippen LogP contribution in [-0.4, -0.2) is 32.7 Å². The van der Waals surface area contributed by atoms with Gasteiger partial charge in [-0.2, -0.15) is 5.10 Å². The van der Waals surface area contributed by atoms with E-state index in [1.54, 1.807) is 12.4 Å². The van der Waals surface area contributed by atoms with Crippen molar-refractivity contribution in [2.24, 2.45) is 0 Å². The highest BCUT2D eigenvalue weighted by Gasteiger charge is 2.20. The predicted octanol–water partition coefficient (Wildman–Crippen LogP) is 0.201. The van der Waals surface area contributed by atoms with Crippen molar-refractivity contribution in [3.05, 3.63) is 24.3 Å². The van der Waals surface area contributed by atoms with E-state index in [2.05, 4.69) is 20.4 Å². The van der Waals surface area contributed by atoms with Crippen LogP contribution in [-0.2, 0) is 0 Å². The molecule has 0 spiro atoms. The number of imidazole rings is 1. The van der Waals surface area contributed by atoms with Gasteiger partial charge in [-0.25, -0.2) is 14.5 Å². The fraction of sp³-hybridized carbons (Fsp3) is 0.444. The molecule has 2 aromatic rings. The van der Waals surface area contributed by atoms with Crippen molar-refractivity contribution in [1.82, 2.24) is 24.9 Å². The molecule has 0 aliphatic carbocycles. The Kier molecular flexibility index (Phi) is 1.70. The highest BCUT2D eigenvalue weighted by Crippen LogP contribution is 2.21. The van der Waals surface area contributed by atoms with Gasteiger partial charge in [0.1, 0.15) is 0 Å². The van der Waals surface area contributed by atoms with Gasteiger partial charge in [-0.15, -0.1) is 0 Å². The average Bonchev–Trinajstić information content (AvgIpc) is 2.85. The predicted molar refractivity (Wildman–Crippen MR) is 51.0 cm³/mol. The van der Waals surface area contributed by atoms with E-state index in [0.29, 0.717) is 11.7 Å². The van der Waals surface area contributed by atoms with E-state index in [4.69, 9.17) is 0 Å². The highest BCUT2D eigenvalue weighted by atomic mass is 15.3. The number of fused-ring (bicyclic) bond motifs is 1. The molecule has 1 saturated heterocycles. The molecule has 0 bridgehead atoms. The molecule has 1 aliphatic rings. The summed E-state index contributed by atoms with van der Waals surface area (Å²) in [6.07, 6.45) is 6.40. The minimum Gasteiger partial charge on any atom is -0.316 e. The maximum absolute atomic E-state index is 4.25. The van der Waals surface area contributed by atoms with Gasteiger partial charge in [-0.05, 0) is 13.0 Å². The molecule has 0 aromatic carbocycles. The Labute approximate surface area is 81.2 Å². The normalized spacial score (nSPS) is 21.9. The number of rotatable bonds is 1. The lowest BCUT2D eigenvalue weighted by Crippen LogP contribution is -2.10. The Morgan fingerprint density at radius 1 is 1.36 bits per heavy atom. The van der Waals surface area contributed by atoms with E-state index >= 15 is 0 Å². The van der Waals surface area contributed by atoms with E-state index < -0.39 is 0 Å². The Hall–Kier alpha value is -1.49. The molecule has 2 aromatic heterocycles. The molecular weight excluding hydrogens is 178 g/mol. The van der Waals surface area contributed by atoms with Gasteiger partial charge in [0.2, 0.25) is 0 Å². The Bertz CT molecular complexity index is 443. The monoisotopic (exact) mass is 189 g/mol. The number of hydrogen-bond acceptors (Lipinski definition) is 4. The summed E-state index contributed by atoms with van der Waals surface area (Å²) >= 11 is 0. The molecule has 5 nitrogen and oxygen atoms in total. The third kappa shape index (κ3) is 1.09. The number of nitrogens with zero attached hydrogens (tertiary/aromatic N) is 4. The number of aromatic nitrogens is 4. The average molecular weight is 189 g/mol. The highest BCUT2D eigenvalue weighted by molar-refractivity contribution is 5.29. The standard InChI is InChI=1S/C9H11N5/c1-2-10-5-7(1)8-6-12-9-11-3-4-13-14(8)9/h3-4,6-7,10H,1-2,5H2. The maximum Gasteiger partial charge on any atom is 0.250 e. The first-order valence-electron chi connectivity index (χ1n) is 4.80. The van der Waals surface area contributed by atoms with Crippen molar-refractivity contribution in [2.45, 2.75) is 12.3 Å². The summed E-state index contributed by atoms with van der Waals surface area (Å²) in [5.74, 6) is 1.22. The van der Waals surface area contributed by atoms with Crippen LogP contribution in [0.15, 0.2) is 18.6 Å². The fourth-order valence-electron chi connectivity index (χ4n) is 1.94. The second kappa shape index (κ2) is 3.02. The third-order valence-corrected chi connectivity index (χ3v) is 2.66. The lowest BCUT2D eigenvalue weighted by Gasteiger charge is -2.05. The van der Waals surface area contributed by atoms with E-state index in [0.717, 1.165) is 25.2 Å². The van der Waals surface area contributed by atoms with E-state index in [1.807, 2.05) is 10.7 Å². The summed E-state index contributed by atoms with van der Waals surface area (Å²) < 4.78 is 1.83. The van der Waals surface area contributed by atoms with Gasteiger partial charge < -0.3 is 5.32 Å². The van der Waals surface area contributed by atoms with Crippen LogP contribution in [0.3, 0.4) is 0 Å². The Balaban J connectivity index is 2.11. The van der Waals surface area contributed by atoms with Crippen LogP contribution >= 0.6 is 0 Å². The van der Waals surface area contributed by atoms with Gasteiger partial charge in [0.15, 0.2) is 0 Å². The largest absolute Gasteiger partial charge is 0.316 e. The SMILES string of the molecule is c1cnn2c(C3CCNC3)cnc2n1. The van der Waals surface area contributed by atoms with E-state index in [9.17, 15) is 0 Å². The minimum atomic E-state index is 0.529. The number of hydrogen-bond donors (Lipinski definition) is 1. The molecule has 14 heavy (non-hydrogen) atoms. The van der Waals surface area contributed by atoms with Crippen LogP contribution in [0.4, 0.5) is 0 Å². The topological polar surface area (TPSA) is 55.1 Å². The second-order valence-electron chi connectivity index (χ2n) is 3.53. The summed E-state index contributed by atoms with van der Waals surface area (Å²) in [5.41, 5.74) is 1.16. The van der Waals surface area contributed by atoms with Crippen LogP contribution in [0.1, 0.15) is 18.0 Å². The van der Waals surface area contributed by atoms with Gasteiger partial charge in [0, 0.05) is 12.5 Å².